The SMILES string of the molecule is CCOC(=O)C1=C(C)N=c2sc(=Cc3ccccc3OCC#N)c(=O)n2[C@@H]1c1cccc(OC)c1OCC. The summed E-state index contributed by atoms with van der Waals surface area (Å²) in [6.45, 7) is 5.70. The van der Waals surface area contributed by atoms with Crippen LogP contribution < -0.4 is 29.1 Å². The maximum atomic E-state index is 13.9. The first-order valence-corrected chi connectivity index (χ1v) is 12.8. The molecule has 0 fully saturated rings. The van der Waals surface area contributed by atoms with Crippen molar-refractivity contribution in [3.8, 4) is 23.3 Å². The number of nitriles is 1. The van der Waals surface area contributed by atoms with Gasteiger partial charge in [0.15, 0.2) is 22.9 Å². The monoisotopic (exact) mass is 533 g/mol. The van der Waals surface area contributed by atoms with Gasteiger partial charge in [0, 0.05) is 11.1 Å². The zero-order valence-electron chi connectivity index (χ0n) is 21.5. The number of hydrogen-bond acceptors (Lipinski definition) is 9. The number of benzene rings is 2. The molecule has 1 aliphatic heterocycles. The molecule has 0 unspecified atom stereocenters. The van der Waals surface area contributed by atoms with Crippen LogP contribution in [0.4, 0.5) is 0 Å². The summed E-state index contributed by atoms with van der Waals surface area (Å²) in [5.41, 5.74) is 1.58. The third-order valence-electron chi connectivity index (χ3n) is 5.83. The van der Waals surface area contributed by atoms with Crippen LogP contribution in [-0.4, -0.2) is 37.5 Å². The second kappa shape index (κ2) is 11.8. The highest BCUT2D eigenvalue weighted by Gasteiger charge is 2.36. The van der Waals surface area contributed by atoms with Crippen molar-refractivity contribution in [3.63, 3.8) is 0 Å². The number of thiazole rings is 1. The molecule has 1 aromatic heterocycles. The molecular weight excluding hydrogens is 506 g/mol. The summed E-state index contributed by atoms with van der Waals surface area (Å²) >= 11 is 1.20. The van der Waals surface area contributed by atoms with Crippen LogP contribution in [0, 0.1) is 11.3 Å². The summed E-state index contributed by atoms with van der Waals surface area (Å²) in [5, 5.41) is 8.92. The largest absolute Gasteiger partial charge is 0.493 e. The Morgan fingerprint density at radius 1 is 1.13 bits per heavy atom. The van der Waals surface area contributed by atoms with E-state index in [-0.39, 0.29) is 24.3 Å². The third-order valence-corrected chi connectivity index (χ3v) is 6.81. The molecule has 0 bridgehead atoms. The Hall–Kier alpha value is -4.36. The molecule has 10 heteroatoms. The molecule has 0 amide bonds. The highest BCUT2D eigenvalue weighted by molar-refractivity contribution is 7.07. The molecule has 4 rings (SSSR count). The lowest BCUT2D eigenvalue weighted by molar-refractivity contribution is -0.139. The van der Waals surface area contributed by atoms with Crippen LogP contribution in [0.3, 0.4) is 0 Å². The number of hydrogen-bond donors (Lipinski definition) is 0. The Labute approximate surface area is 223 Å². The minimum Gasteiger partial charge on any atom is -0.493 e. The second-order valence-corrected chi connectivity index (χ2v) is 9.11. The average molecular weight is 534 g/mol. The van der Waals surface area contributed by atoms with Gasteiger partial charge in [-0.15, -0.1) is 0 Å². The van der Waals surface area contributed by atoms with Crippen molar-refractivity contribution in [2.24, 2.45) is 4.99 Å². The zero-order valence-corrected chi connectivity index (χ0v) is 22.3. The summed E-state index contributed by atoms with van der Waals surface area (Å²) in [6.07, 6.45) is 1.70. The fourth-order valence-corrected chi connectivity index (χ4v) is 5.31. The number of allylic oxidation sites excluding steroid dienone is 1. The number of aromatic nitrogens is 1. The minimum atomic E-state index is -0.853. The van der Waals surface area contributed by atoms with Gasteiger partial charge in [-0.25, -0.2) is 9.79 Å². The van der Waals surface area contributed by atoms with Crippen molar-refractivity contribution in [2.45, 2.75) is 26.8 Å². The van der Waals surface area contributed by atoms with Crippen molar-refractivity contribution >= 4 is 23.4 Å². The molecule has 196 valence electrons. The molecule has 0 saturated heterocycles. The summed E-state index contributed by atoms with van der Waals surface area (Å²) in [7, 11) is 1.53. The number of esters is 1. The van der Waals surface area contributed by atoms with E-state index in [1.807, 2.05) is 19.1 Å². The van der Waals surface area contributed by atoms with E-state index >= 15 is 0 Å². The van der Waals surface area contributed by atoms with Gasteiger partial charge in [0.05, 0.1) is 36.1 Å². The van der Waals surface area contributed by atoms with Crippen LogP contribution in [0.1, 0.15) is 37.9 Å². The Morgan fingerprint density at radius 2 is 1.89 bits per heavy atom. The topological polar surface area (TPSA) is 112 Å². The summed E-state index contributed by atoms with van der Waals surface area (Å²) in [6, 6.07) is 13.6. The number of carbonyl (C=O) groups is 1. The van der Waals surface area contributed by atoms with E-state index in [4.69, 9.17) is 24.2 Å². The Bertz CT molecular complexity index is 1610. The van der Waals surface area contributed by atoms with Gasteiger partial charge >= 0.3 is 5.97 Å². The molecule has 2 heterocycles. The molecule has 2 aromatic carbocycles. The number of rotatable bonds is 9. The fraction of sp³-hybridized carbons (Fsp3) is 0.286. The smallest absolute Gasteiger partial charge is 0.338 e. The highest BCUT2D eigenvalue weighted by atomic mass is 32.1. The van der Waals surface area contributed by atoms with Crippen molar-refractivity contribution in [2.75, 3.05) is 26.9 Å². The molecule has 0 saturated carbocycles. The number of nitrogens with zero attached hydrogens (tertiary/aromatic N) is 3. The van der Waals surface area contributed by atoms with E-state index in [2.05, 4.69) is 4.99 Å². The van der Waals surface area contributed by atoms with E-state index in [1.165, 1.54) is 23.0 Å². The molecule has 0 spiro atoms. The van der Waals surface area contributed by atoms with Gasteiger partial charge in [0.2, 0.25) is 0 Å². The fourth-order valence-electron chi connectivity index (χ4n) is 4.28. The first-order chi connectivity index (χ1) is 18.4. The van der Waals surface area contributed by atoms with Crippen LogP contribution >= 0.6 is 11.3 Å². The molecule has 9 nitrogen and oxygen atoms in total. The molecule has 0 N–H and O–H groups in total. The third kappa shape index (κ3) is 5.06. The molecule has 3 aromatic rings. The van der Waals surface area contributed by atoms with Crippen molar-refractivity contribution in [1.82, 2.24) is 4.57 Å². The summed E-state index contributed by atoms with van der Waals surface area (Å²) in [5.74, 6) is 0.830. The predicted molar refractivity (Wildman–Crippen MR) is 142 cm³/mol. The molecule has 1 atom stereocenters. The number of ether oxygens (including phenoxy) is 4. The maximum absolute atomic E-state index is 13.9. The lowest BCUT2D eigenvalue weighted by Gasteiger charge is -2.26. The Morgan fingerprint density at radius 3 is 2.61 bits per heavy atom. The lowest BCUT2D eigenvalue weighted by Crippen LogP contribution is -2.40. The van der Waals surface area contributed by atoms with Gasteiger partial charge in [-0.05, 0) is 39.0 Å². The summed E-state index contributed by atoms with van der Waals surface area (Å²) < 4.78 is 24.3. The second-order valence-electron chi connectivity index (χ2n) is 8.10. The predicted octanol–water partition coefficient (Wildman–Crippen LogP) is 3.11. The quantitative estimate of drug-likeness (QED) is 0.389. The van der Waals surface area contributed by atoms with Crippen LogP contribution in [0.25, 0.3) is 6.08 Å². The van der Waals surface area contributed by atoms with E-state index in [0.717, 1.165) is 0 Å². The number of para-hydroxylation sites is 2. The van der Waals surface area contributed by atoms with Gasteiger partial charge in [0.25, 0.3) is 5.56 Å². The molecular formula is C28H27N3O6S. The zero-order chi connectivity index (χ0) is 27.2. The first kappa shape index (κ1) is 26.7. The number of carbonyl (C=O) groups excluding carboxylic acids is 1. The van der Waals surface area contributed by atoms with E-state index < -0.39 is 12.0 Å². The first-order valence-electron chi connectivity index (χ1n) is 12.0. The van der Waals surface area contributed by atoms with Gasteiger partial charge in [-0.3, -0.25) is 9.36 Å². The van der Waals surface area contributed by atoms with Crippen LogP contribution in [0.5, 0.6) is 17.2 Å². The van der Waals surface area contributed by atoms with Crippen molar-refractivity contribution in [1.29, 1.82) is 5.26 Å². The van der Waals surface area contributed by atoms with E-state index in [1.54, 1.807) is 56.3 Å². The Balaban J connectivity index is 2.00. The molecule has 38 heavy (non-hydrogen) atoms. The van der Waals surface area contributed by atoms with E-state index in [9.17, 15) is 9.59 Å². The van der Waals surface area contributed by atoms with Gasteiger partial charge in [0.1, 0.15) is 17.9 Å². The standard InChI is InChI=1S/C28H27N3O6S/c1-5-35-25-19(11-9-13-21(25)34-4)24-23(27(33)36-6-2)17(3)30-28-31(24)26(32)22(38-28)16-18-10-7-8-12-20(18)37-15-14-29/h7-13,16,24H,5-6,15H2,1-4H3/t24-/m1/s1. The summed E-state index contributed by atoms with van der Waals surface area (Å²) in [4.78, 5) is 32.2. The van der Waals surface area contributed by atoms with Gasteiger partial charge in [-0.2, -0.15) is 5.26 Å². The number of methoxy groups -OCH3 is 1. The van der Waals surface area contributed by atoms with E-state index in [0.29, 0.717) is 50.0 Å². The highest BCUT2D eigenvalue weighted by Crippen LogP contribution is 2.40. The molecule has 1 aliphatic rings. The Kier molecular flexibility index (Phi) is 8.28. The minimum absolute atomic E-state index is 0.121. The maximum Gasteiger partial charge on any atom is 0.338 e. The van der Waals surface area contributed by atoms with Crippen LogP contribution in [0.15, 0.2) is 63.5 Å². The lowest BCUT2D eigenvalue weighted by atomic mass is 9.94. The van der Waals surface area contributed by atoms with Crippen LogP contribution in [0.2, 0.25) is 0 Å². The number of fused-ring (bicyclic) bond motifs is 1. The van der Waals surface area contributed by atoms with Crippen molar-refractivity contribution in [3.05, 3.63) is 84.5 Å². The van der Waals surface area contributed by atoms with Crippen molar-refractivity contribution < 1.29 is 23.7 Å². The molecule has 0 radical (unpaired) electrons. The normalized spacial score (nSPS) is 14.8. The molecule has 0 aliphatic carbocycles. The van der Waals surface area contributed by atoms with Crippen LogP contribution in [-0.2, 0) is 9.53 Å². The average Bonchev–Trinajstić information content (AvgIpc) is 3.22. The van der Waals surface area contributed by atoms with Gasteiger partial charge in [-0.1, -0.05) is 41.7 Å². The van der Waals surface area contributed by atoms with Gasteiger partial charge < -0.3 is 18.9 Å².